The van der Waals surface area contributed by atoms with Crippen LogP contribution in [0.1, 0.15) is 48.3 Å². The summed E-state index contributed by atoms with van der Waals surface area (Å²) in [7, 11) is 0. The zero-order chi connectivity index (χ0) is 13.8. The van der Waals surface area contributed by atoms with Gasteiger partial charge in [0.25, 0.3) is 0 Å². The third kappa shape index (κ3) is 4.06. The number of rotatable bonds is 6. The first-order valence-electron chi connectivity index (χ1n) is 7.16. The highest BCUT2D eigenvalue weighted by molar-refractivity contribution is 5.76. The first kappa shape index (κ1) is 14.1. The molecule has 1 aliphatic rings. The van der Waals surface area contributed by atoms with Gasteiger partial charge >= 0.3 is 0 Å². The minimum Gasteiger partial charge on any atom is -0.353 e. The highest BCUT2D eigenvalue weighted by Crippen LogP contribution is 2.25. The molecule has 0 bridgehead atoms. The van der Waals surface area contributed by atoms with Crippen molar-refractivity contribution in [1.82, 2.24) is 5.32 Å². The topological polar surface area (TPSA) is 55.1 Å². The van der Waals surface area contributed by atoms with Crippen molar-refractivity contribution in [2.24, 2.45) is 5.73 Å². The highest BCUT2D eigenvalue weighted by atomic mass is 16.1. The Labute approximate surface area is 115 Å². The van der Waals surface area contributed by atoms with Gasteiger partial charge in [0.1, 0.15) is 0 Å². The van der Waals surface area contributed by atoms with Gasteiger partial charge in [-0.15, -0.1) is 0 Å². The third-order valence-electron chi connectivity index (χ3n) is 3.81. The van der Waals surface area contributed by atoms with E-state index in [1.54, 1.807) is 0 Å². The quantitative estimate of drug-likeness (QED) is 0.825. The summed E-state index contributed by atoms with van der Waals surface area (Å²) in [6.07, 6.45) is 3.69. The fourth-order valence-corrected chi connectivity index (χ4v) is 2.52. The molecule has 3 nitrogen and oxygen atoms in total. The molecule has 1 fully saturated rings. The zero-order valence-corrected chi connectivity index (χ0v) is 11.9. The maximum atomic E-state index is 11.7. The van der Waals surface area contributed by atoms with Crippen molar-refractivity contribution in [1.29, 1.82) is 0 Å². The van der Waals surface area contributed by atoms with Crippen LogP contribution in [0.25, 0.3) is 0 Å². The lowest BCUT2D eigenvalue weighted by molar-refractivity contribution is -0.121. The number of benzene rings is 1. The fourth-order valence-electron chi connectivity index (χ4n) is 2.52. The second kappa shape index (κ2) is 6.20. The minimum absolute atomic E-state index is 0.172. The summed E-state index contributed by atoms with van der Waals surface area (Å²) < 4.78 is 0. The summed E-state index contributed by atoms with van der Waals surface area (Å²) in [4.78, 5) is 11.7. The molecule has 3 N–H and O–H groups in total. The molecule has 1 atom stereocenters. The van der Waals surface area contributed by atoms with Gasteiger partial charge < -0.3 is 11.1 Å². The smallest absolute Gasteiger partial charge is 0.220 e. The summed E-state index contributed by atoms with van der Waals surface area (Å²) in [6.45, 7) is 4.81. The summed E-state index contributed by atoms with van der Waals surface area (Å²) in [6, 6.07) is 6.91. The summed E-state index contributed by atoms with van der Waals surface area (Å²) in [5.74, 6) is 0.455. The van der Waals surface area contributed by atoms with Gasteiger partial charge in [0.05, 0.1) is 0 Å². The minimum atomic E-state index is 0.172. The average molecular weight is 260 g/mol. The molecule has 1 amide bonds. The Morgan fingerprint density at radius 2 is 2.16 bits per heavy atom. The molecular weight excluding hydrogens is 236 g/mol. The Balaban J connectivity index is 1.92. The van der Waals surface area contributed by atoms with Gasteiger partial charge in [0.2, 0.25) is 5.91 Å². The number of hydrogen-bond donors (Lipinski definition) is 2. The average Bonchev–Trinajstić information content (AvgIpc) is 3.16. The van der Waals surface area contributed by atoms with Gasteiger partial charge in [0.15, 0.2) is 0 Å². The van der Waals surface area contributed by atoms with Crippen LogP contribution in [0.2, 0.25) is 0 Å². The van der Waals surface area contributed by atoms with Crippen molar-refractivity contribution < 1.29 is 4.79 Å². The van der Waals surface area contributed by atoms with E-state index in [2.05, 4.69) is 37.4 Å². The normalized spacial score (nSPS) is 16.2. The van der Waals surface area contributed by atoms with Crippen LogP contribution in [-0.2, 0) is 4.79 Å². The second-order valence-electron chi connectivity index (χ2n) is 5.67. The molecule has 0 radical (unpaired) electrons. The predicted molar refractivity (Wildman–Crippen MR) is 78.1 cm³/mol. The van der Waals surface area contributed by atoms with Gasteiger partial charge in [0, 0.05) is 12.5 Å². The molecule has 2 rings (SSSR count). The van der Waals surface area contributed by atoms with E-state index in [-0.39, 0.29) is 11.8 Å². The molecule has 0 aromatic heterocycles. The SMILES string of the molecule is Cc1ccc(C(CN)CCC(=O)NC2CC2)c(C)c1. The molecule has 1 aromatic carbocycles. The van der Waals surface area contributed by atoms with Crippen LogP contribution >= 0.6 is 0 Å². The van der Waals surface area contributed by atoms with E-state index in [0.717, 1.165) is 19.3 Å². The number of nitrogens with one attached hydrogen (secondary N) is 1. The van der Waals surface area contributed by atoms with Crippen molar-refractivity contribution in [3.05, 3.63) is 34.9 Å². The Bertz CT molecular complexity index is 452. The van der Waals surface area contributed by atoms with Crippen molar-refractivity contribution in [3.63, 3.8) is 0 Å². The molecule has 0 saturated heterocycles. The largest absolute Gasteiger partial charge is 0.353 e. The van der Waals surface area contributed by atoms with E-state index in [4.69, 9.17) is 5.73 Å². The molecule has 1 saturated carbocycles. The molecular formula is C16H24N2O. The number of nitrogens with two attached hydrogens (primary N) is 1. The number of hydrogen-bond acceptors (Lipinski definition) is 2. The lowest BCUT2D eigenvalue weighted by atomic mass is 9.90. The third-order valence-corrected chi connectivity index (χ3v) is 3.81. The molecule has 3 heteroatoms. The fraction of sp³-hybridized carbons (Fsp3) is 0.562. The zero-order valence-electron chi connectivity index (χ0n) is 11.9. The van der Waals surface area contributed by atoms with Crippen molar-refractivity contribution in [2.45, 2.75) is 51.5 Å². The van der Waals surface area contributed by atoms with Crippen molar-refractivity contribution >= 4 is 5.91 Å². The van der Waals surface area contributed by atoms with Crippen molar-refractivity contribution in [2.75, 3.05) is 6.54 Å². The Morgan fingerprint density at radius 1 is 1.42 bits per heavy atom. The number of amides is 1. The number of carbonyl (C=O) groups excluding carboxylic acids is 1. The van der Waals surface area contributed by atoms with Crippen LogP contribution in [0, 0.1) is 13.8 Å². The lowest BCUT2D eigenvalue weighted by Crippen LogP contribution is -2.26. The van der Waals surface area contributed by atoms with E-state index >= 15 is 0 Å². The van der Waals surface area contributed by atoms with E-state index < -0.39 is 0 Å². The van der Waals surface area contributed by atoms with Gasteiger partial charge in [-0.2, -0.15) is 0 Å². The molecule has 19 heavy (non-hydrogen) atoms. The lowest BCUT2D eigenvalue weighted by Gasteiger charge is -2.18. The Kier molecular flexibility index (Phi) is 4.59. The van der Waals surface area contributed by atoms with Gasteiger partial charge in [-0.3, -0.25) is 4.79 Å². The van der Waals surface area contributed by atoms with Crippen LogP contribution in [-0.4, -0.2) is 18.5 Å². The predicted octanol–water partition coefficient (Wildman–Crippen LogP) is 2.40. The van der Waals surface area contributed by atoms with Gasteiger partial charge in [-0.05, 0) is 56.7 Å². The van der Waals surface area contributed by atoms with Gasteiger partial charge in [-0.1, -0.05) is 23.8 Å². The standard InChI is InChI=1S/C16H24N2O/c1-11-3-7-15(12(2)9-11)13(10-17)4-8-16(19)18-14-5-6-14/h3,7,9,13-14H,4-6,8,10,17H2,1-2H3,(H,18,19). The summed E-state index contributed by atoms with van der Waals surface area (Å²) >= 11 is 0. The van der Waals surface area contributed by atoms with E-state index in [1.165, 1.54) is 16.7 Å². The van der Waals surface area contributed by atoms with Crippen LogP contribution in [0.4, 0.5) is 0 Å². The molecule has 104 valence electrons. The first-order chi connectivity index (χ1) is 9.10. The van der Waals surface area contributed by atoms with Crippen LogP contribution in [0.3, 0.4) is 0 Å². The van der Waals surface area contributed by atoms with Crippen LogP contribution < -0.4 is 11.1 Å². The van der Waals surface area contributed by atoms with E-state index in [1.807, 2.05) is 0 Å². The van der Waals surface area contributed by atoms with Crippen LogP contribution in [0.5, 0.6) is 0 Å². The molecule has 0 spiro atoms. The van der Waals surface area contributed by atoms with E-state index in [9.17, 15) is 4.79 Å². The maximum Gasteiger partial charge on any atom is 0.220 e. The highest BCUT2D eigenvalue weighted by Gasteiger charge is 2.23. The number of aryl methyl sites for hydroxylation is 2. The van der Waals surface area contributed by atoms with Crippen LogP contribution in [0.15, 0.2) is 18.2 Å². The Morgan fingerprint density at radius 3 is 2.74 bits per heavy atom. The first-order valence-corrected chi connectivity index (χ1v) is 7.16. The molecule has 0 aliphatic heterocycles. The molecule has 1 aliphatic carbocycles. The molecule has 1 aromatic rings. The molecule has 0 heterocycles. The van der Waals surface area contributed by atoms with Gasteiger partial charge in [-0.25, -0.2) is 0 Å². The second-order valence-corrected chi connectivity index (χ2v) is 5.67. The van der Waals surface area contributed by atoms with E-state index in [0.29, 0.717) is 19.0 Å². The maximum absolute atomic E-state index is 11.7. The Hall–Kier alpha value is -1.35. The summed E-state index contributed by atoms with van der Waals surface area (Å²) in [5.41, 5.74) is 9.71. The summed E-state index contributed by atoms with van der Waals surface area (Å²) in [5, 5.41) is 3.03. The number of carbonyl (C=O) groups is 1. The monoisotopic (exact) mass is 260 g/mol. The molecule has 1 unspecified atom stereocenters. The van der Waals surface area contributed by atoms with Crippen molar-refractivity contribution in [3.8, 4) is 0 Å².